The van der Waals surface area contributed by atoms with Gasteiger partial charge in [0, 0.05) is 0 Å². The molecule has 1 N–H and O–H groups in total. The lowest BCUT2D eigenvalue weighted by Gasteiger charge is -2.28. The Bertz CT molecular complexity index is 1040. The van der Waals surface area contributed by atoms with Gasteiger partial charge in [-0.3, -0.25) is 9.59 Å². The fraction of sp³-hybridized carbons (Fsp3) is 0.462. The molecular formula is C26H34O7S. The first-order chi connectivity index (χ1) is 15.9. The quantitative estimate of drug-likeness (QED) is 0.340. The van der Waals surface area contributed by atoms with Crippen LogP contribution in [-0.2, 0) is 30.6 Å². The van der Waals surface area contributed by atoms with Crippen LogP contribution in [0.1, 0.15) is 52.0 Å². The summed E-state index contributed by atoms with van der Waals surface area (Å²) < 4.78 is 37.8. The summed E-state index contributed by atoms with van der Waals surface area (Å²) in [6.45, 7) is 4.99. The second-order valence-corrected chi connectivity index (χ2v) is 11.4. The highest BCUT2D eigenvalue weighted by Crippen LogP contribution is 2.31. The highest BCUT2D eigenvalue weighted by Gasteiger charge is 2.41. The highest BCUT2D eigenvalue weighted by molar-refractivity contribution is 7.92. The molecule has 2 unspecified atom stereocenters. The Morgan fingerprint density at radius 3 is 2.12 bits per heavy atom. The van der Waals surface area contributed by atoms with Crippen LogP contribution in [0, 0.1) is 5.92 Å². The van der Waals surface area contributed by atoms with Gasteiger partial charge < -0.3 is 14.6 Å². The molecule has 2 rings (SSSR count). The van der Waals surface area contributed by atoms with Gasteiger partial charge in [0.15, 0.2) is 9.84 Å². The van der Waals surface area contributed by atoms with Crippen LogP contribution in [0.15, 0.2) is 59.5 Å². The Labute approximate surface area is 202 Å². The lowest BCUT2D eigenvalue weighted by molar-refractivity contribution is -0.163. The molecule has 0 aliphatic rings. The number of hydrogen-bond donors (Lipinski definition) is 1. The zero-order valence-electron chi connectivity index (χ0n) is 20.2. The number of aliphatic carboxylic acids is 1. The molecule has 0 amide bonds. The minimum Gasteiger partial charge on any atom is -0.497 e. The molecule has 0 aliphatic carbocycles. The van der Waals surface area contributed by atoms with Gasteiger partial charge in [0.25, 0.3) is 0 Å². The normalized spacial score (nSPS) is 13.6. The largest absolute Gasteiger partial charge is 0.497 e. The van der Waals surface area contributed by atoms with E-state index < -0.39 is 45.0 Å². The van der Waals surface area contributed by atoms with E-state index in [1.54, 1.807) is 20.8 Å². The summed E-state index contributed by atoms with van der Waals surface area (Å²) in [4.78, 5) is 24.6. The summed E-state index contributed by atoms with van der Waals surface area (Å²) in [5, 5.41) is 8.25. The van der Waals surface area contributed by atoms with E-state index in [9.17, 15) is 23.1 Å². The molecule has 7 nitrogen and oxygen atoms in total. The molecule has 2 aromatic carbocycles. The molecule has 2 atom stereocenters. The number of unbranched alkanes of at least 4 members (excludes halogenated alkanes) is 1. The van der Waals surface area contributed by atoms with Crippen LogP contribution in [0.2, 0.25) is 0 Å². The minimum atomic E-state index is -4.04. The Morgan fingerprint density at radius 1 is 0.971 bits per heavy atom. The molecule has 0 fully saturated rings. The van der Waals surface area contributed by atoms with Gasteiger partial charge >= 0.3 is 11.9 Å². The Kier molecular flexibility index (Phi) is 9.67. The number of hydrogen-bond acceptors (Lipinski definition) is 6. The molecule has 8 heteroatoms. The maximum absolute atomic E-state index is 13.6. The molecule has 0 bridgehead atoms. The minimum absolute atomic E-state index is 0.0142. The second kappa shape index (κ2) is 12.0. The summed E-state index contributed by atoms with van der Waals surface area (Å²) in [5.74, 6) is -2.91. The number of carboxylic acids is 1. The van der Waals surface area contributed by atoms with E-state index >= 15 is 0 Å². The Balaban J connectivity index is 2.35. The molecule has 0 aromatic heterocycles. The number of rotatable bonds is 12. The fourth-order valence-corrected chi connectivity index (χ4v) is 5.75. The van der Waals surface area contributed by atoms with E-state index in [2.05, 4.69) is 0 Å². The summed E-state index contributed by atoms with van der Waals surface area (Å²) in [6.07, 6.45) is 1.47. The van der Waals surface area contributed by atoms with E-state index in [0.29, 0.717) is 18.6 Å². The highest BCUT2D eigenvalue weighted by atomic mass is 32.2. The maximum Gasteiger partial charge on any atom is 0.311 e. The zero-order valence-corrected chi connectivity index (χ0v) is 21.0. The molecule has 0 heterocycles. The Hall–Kier alpha value is -2.87. The van der Waals surface area contributed by atoms with Crippen LogP contribution in [-0.4, -0.2) is 43.4 Å². The third-order valence-electron chi connectivity index (χ3n) is 5.39. The lowest BCUT2D eigenvalue weighted by Crippen LogP contribution is -2.40. The van der Waals surface area contributed by atoms with E-state index in [0.717, 1.165) is 12.0 Å². The predicted octanol–water partition coefficient (Wildman–Crippen LogP) is 4.68. The molecule has 186 valence electrons. The zero-order chi connectivity index (χ0) is 25.4. The van der Waals surface area contributed by atoms with Crippen LogP contribution in [0.5, 0.6) is 5.75 Å². The van der Waals surface area contributed by atoms with E-state index in [-0.39, 0.29) is 11.3 Å². The average Bonchev–Trinajstić information content (AvgIpc) is 2.77. The van der Waals surface area contributed by atoms with Crippen molar-refractivity contribution < 1.29 is 32.6 Å². The van der Waals surface area contributed by atoms with Crippen LogP contribution >= 0.6 is 0 Å². The number of ether oxygens (including phenoxy) is 2. The molecule has 0 spiro atoms. The van der Waals surface area contributed by atoms with Crippen LogP contribution in [0.25, 0.3) is 0 Å². The van der Waals surface area contributed by atoms with E-state index in [4.69, 9.17) is 9.47 Å². The molecule has 0 aliphatic heterocycles. The van der Waals surface area contributed by atoms with Crippen molar-refractivity contribution >= 4 is 21.8 Å². The molecule has 0 radical (unpaired) electrons. The summed E-state index contributed by atoms with van der Waals surface area (Å²) in [6, 6.07) is 15.7. The SMILES string of the molecule is COc1ccc(S(=O)(=O)C(CCCCc2ccccc2)C(CC(=O)O)C(=O)OC(C)(C)C)cc1. The van der Waals surface area contributed by atoms with Gasteiger partial charge in [-0.05, 0) is 69.9 Å². The number of carboxylic acid groups (broad SMARTS) is 1. The molecular weight excluding hydrogens is 456 g/mol. The standard InChI is InChI=1S/C26H34O7S/c1-26(2,3)33-25(29)22(18-24(27)28)23(13-9-8-12-19-10-6-5-7-11-19)34(30,31)21-16-14-20(32-4)15-17-21/h5-7,10-11,14-17,22-23H,8-9,12-13,18H2,1-4H3,(H,27,28). The van der Waals surface area contributed by atoms with Gasteiger partial charge in [-0.25, -0.2) is 8.42 Å². The smallest absolute Gasteiger partial charge is 0.311 e. The van der Waals surface area contributed by atoms with Crippen molar-refractivity contribution in [3.63, 3.8) is 0 Å². The van der Waals surface area contributed by atoms with Crippen molar-refractivity contribution in [2.24, 2.45) is 5.92 Å². The van der Waals surface area contributed by atoms with Gasteiger partial charge in [0.2, 0.25) is 0 Å². The van der Waals surface area contributed by atoms with E-state index in [1.165, 1.54) is 31.4 Å². The summed E-state index contributed by atoms with van der Waals surface area (Å²) in [5.41, 5.74) is 0.251. The van der Waals surface area contributed by atoms with Crippen LogP contribution in [0.4, 0.5) is 0 Å². The fourth-order valence-electron chi connectivity index (χ4n) is 3.76. The summed E-state index contributed by atoms with van der Waals surface area (Å²) >= 11 is 0. The average molecular weight is 491 g/mol. The number of aryl methyl sites for hydroxylation is 1. The second-order valence-electron chi connectivity index (χ2n) is 9.23. The van der Waals surface area contributed by atoms with Crippen molar-refractivity contribution in [3.8, 4) is 5.75 Å². The van der Waals surface area contributed by atoms with Gasteiger partial charge in [-0.2, -0.15) is 0 Å². The first kappa shape index (κ1) is 27.4. The van der Waals surface area contributed by atoms with Crippen molar-refractivity contribution in [2.45, 2.75) is 68.6 Å². The third kappa shape index (κ3) is 8.17. The topological polar surface area (TPSA) is 107 Å². The molecule has 2 aromatic rings. The van der Waals surface area contributed by atoms with Crippen LogP contribution in [0.3, 0.4) is 0 Å². The van der Waals surface area contributed by atoms with E-state index in [1.807, 2.05) is 30.3 Å². The Morgan fingerprint density at radius 2 is 1.59 bits per heavy atom. The molecule has 0 saturated carbocycles. The maximum atomic E-state index is 13.6. The monoisotopic (exact) mass is 490 g/mol. The van der Waals surface area contributed by atoms with Crippen LogP contribution < -0.4 is 4.74 Å². The number of carbonyl (C=O) groups excluding carboxylic acids is 1. The van der Waals surface area contributed by atoms with Crippen molar-refractivity contribution in [1.82, 2.24) is 0 Å². The van der Waals surface area contributed by atoms with Gasteiger partial charge in [0.05, 0.1) is 29.6 Å². The van der Waals surface area contributed by atoms with Gasteiger partial charge in [0.1, 0.15) is 11.4 Å². The number of benzene rings is 2. The number of sulfone groups is 1. The number of esters is 1. The lowest BCUT2D eigenvalue weighted by atomic mass is 9.95. The first-order valence-corrected chi connectivity index (χ1v) is 12.8. The third-order valence-corrected chi connectivity index (χ3v) is 7.68. The number of carbonyl (C=O) groups is 2. The van der Waals surface area contributed by atoms with Crippen molar-refractivity contribution in [3.05, 3.63) is 60.2 Å². The van der Waals surface area contributed by atoms with Crippen molar-refractivity contribution in [1.29, 1.82) is 0 Å². The molecule has 34 heavy (non-hydrogen) atoms. The summed E-state index contributed by atoms with van der Waals surface area (Å²) in [7, 11) is -2.56. The van der Waals surface area contributed by atoms with Gasteiger partial charge in [-0.15, -0.1) is 0 Å². The predicted molar refractivity (Wildman–Crippen MR) is 130 cm³/mol. The van der Waals surface area contributed by atoms with Crippen molar-refractivity contribution in [2.75, 3.05) is 7.11 Å². The number of methoxy groups -OCH3 is 1. The molecule has 0 saturated heterocycles. The van der Waals surface area contributed by atoms with Gasteiger partial charge in [-0.1, -0.05) is 36.8 Å². The first-order valence-electron chi connectivity index (χ1n) is 11.3.